The fourth-order valence-electron chi connectivity index (χ4n) is 8.11. The Morgan fingerprint density at radius 3 is 2.51 bits per heavy atom. The van der Waals surface area contributed by atoms with E-state index in [1.807, 2.05) is 42.5 Å². The van der Waals surface area contributed by atoms with Gasteiger partial charge in [-0.25, -0.2) is 0 Å². The molecule has 0 bridgehead atoms. The molecule has 0 radical (unpaired) electrons. The molecule has 0 saturated carbocycles. The van der Waals surface area contributed by atoms with Gasteiger partial charge < -0.3 is 25.0 Å². The van der Waals surface area contributed by atoms with Crippen LogP contribution in [-0.4, -0.2) is 50.6 Å². The van der Waals surface area contributed by atoms with E-state index in [9.17, 15) is 9.59 Å². The summed E-state index contributed by atoms with van der Waals surface area (Å²) in [6, 6.07) is 22.7. The molecule has 0 saturated heterocycles. The van der Waals surface area contributed by atoms with Gasteiger partial charge in [0.25, 0.3) is 5.91 Å². The number of benzene rings is 3. The summed E-state index contributed by atoms with van der Waals surface area (Å²) in [5, 5.41) is 6.97. The molecule has 1 amide bonds. The Morgan fingerprint density at radius 2 is 1.78 bits per heavy atom. The predicted molar refractivity (Wildman–Crippen MR) is 248 cm³/mol. The lowest BCUT2D eigenvalue weighted by Gasteiger charge is -2.32. The quantitative estimate of drug-likeness (QED) is 0.0346. The maximum Gasteiger partial charge on any atom is 0.251 e. The van der Waals surface area contributed by atoms with Crippen LogP contribution >= 0.6 is 0 Å². The SMILES string of the molecule is C=C(Nc1ccc(/C=C/C=O)cc1CCCOCc1ccccc1)C(CCCC)NC(=O)c1ccc2c(c1)N(CCOC/C=C(\C)CC)C(C/C=C\C)C2C(C)CCC. The molecular weight excluding hydrogens is 731 g/mol. The Labute approximate surface area is 356 Å². The van der Waals surface area contributed by atoms with Gasteiger partial charge in [-0.2, -0.15) is 0 Å². The van der Waals surface area contributed by atoms with Crippen LogP contribution in [0.4, 0.5) is 11.4 Å². The Hall–Kier alpha value is -4.72. The lowest BCUT2D eigenvalue weighted by atomic mass is 9.80. The Kier molecular flexibility index (Phi) is 20.5. The summed E-state index contributed by atoms with van der Waals surface area (Å²) in [5.41, 5.74) is 9.35. The maximum atomic E-state index is 14.3. The minimum atomic E-state index is -0.281. The molecule has 59 heavy (non-hydrogen) atoms. The number of carbonyl (C=O) groups excluding carboxylic acids is 2. The molecule has 1 aliphatic heterocycles. The standard InChI is InChI=1S/C52H71N3O4/c1-8-12-24-47(41(7)53-48-29-26-42(22-17-32-56)36-44(48)23-18-33-59-38-43-20-15-14-16-21-43)54-52(57)45-27-28-46-50(37-45)55(31-35-58-34-30-39(5)11-4)49(25-13-9-2)51(46)40(6)19-10-3/h9,13-17,20-22,26-30,32,36-37,40,47,49,51,53H,7-8,10-12,18-19,23-25,31,33-35,38H2,1-6H3,(H,54,57)/b13-9-,22-17+,39-30+. The number of fused-ring (bicyclic) bond motifs is 1. The third-order valence-electron chi connectivity index (χ3n) is 11.5. The summed E-state index contributed by atoms with van der Waals surface area (Å²) in [6.07, 6.45) is 19.3. The van der Waals surface area contributed by atoms with E-state index in [0.717, 1.165) is 104 Å². The average molecular weight is 802 g/mol. The number of rotatable bonds is 27. The molecule has 0 spiro atoms. The third kappa shape index (κ3) is 14.5. The largest absolute Gasteiger partial charge is 0.377 e. The number of ether oxygens (including phenoxy) is 2. The number of anilines is 2. The fourth-order valence-corrected chi connectivity index (χ4v) is 8.11. The molecule has 3 aromatic rings. The highest BCUT2D eigenvalue weighted by molar-refractivity contribution is 5.96. The minimum absolute atomic E-state index is 0.103. The zero-order chi connectivity index (χ0) is 42.4. The predicted octanol–water partition coefficient (Wildman–Crippen LogP) is 12.0. The van der Waals surface area contributed by atoms with Gasteiger partial charge in [-0.1, -0.05) is 132 Å². The molecule has 3 aromatic carbocycles. The minimum Gasteiger partial charge on any atom is -0.377 e. The van der Waals surface area contributed by atoms with E-state index >= 15 is 0 Å². The van der Waals surface area contributed by atoms with E-state index in [0.29, 0.717) is 49.9 Å². The van der Waals surface area contributed by atoms with Crippen LogP contribution < -0.4 is 15.5 Å². The van der Waals surface area contributed by atoms with E-state index in [2.05, 4.69) is 112 Å². The second-order valence-electron chi connectivity index (χ2n) is 16.0. The Morgan fingerprint density at radius 1 is 0.966 bits per heavy atom. The van der Waals surface area contributed by atoms with Crippen molar-refractivity contribution in [1.29, 1.82) is 0 Å². The molecule has 4 rings (SSSR count). The van der Waals surface area contributed by atoms with Crippen molar-refractivity contribution >= 4 is 29.6 Å². The zero-order valence-corrected chi connectivity index (χ0v) is 36.8. The highest BCUT2D eigenvalue weighted by Crippen LogP contribution is 2.47. The highest BCUT2D eigenvalue weighted by Gasteiger charge is 2.40. The number of unbranched alkanes of at least 4 members (excludes halogenated alkanes) is 1. The first-order valence-electron chi connectivity index (χ1n) is 22.1. The van der Waals surface area contributed by atoms with Gasteiger partial charge in [0, 0.05) is 47.7 Å². The summed E-state index contributed by atoms with van der Waals surface area (Å²) in [7, 11) is 0. The Bertz CT molecular complexity index is 1850. The zero-order valence-electron chi connectivity index (χ0n) is 36.8. The molecule has 0 aliphatic carbocycles. The number of aldehydes is 1. The van der Waals surface area contributed by atoms with Crippen molar-refractivity contribution < 1.29 is 19.1 Å². The van der Waals surface area contributed by atoms with Crippen LogP contribution in [0.15, 0.2) is 109 Å². The summed E-state index contributed by atoms with van der Waals surface area (Å²) in [5.74, 6) is 0.768. The van der Waals surface area contributed by atoms with Crippen LogP contribution in [0.3, 0.4) is 0 Å². The molecule has 1 aliphatic rings. The van der Waals surface area contributed by atoms with Gasteiger partial charge in [0.1, 0.15) is 6.29 Å². The fraction of sp³-hybridized carbons (Fsp3) is 0.462. The average Bonchev–Trinajstić information content (AvgIpc) is 3.56. The van der Waals surface area contributed by atoms with Gasteiger partial charge in [0.05, 0.1) is 25.9 Å². The topological polar surface area (TPSA) is 79.9 Å². The molecule has 4 unspecified atom stereocenters. The number of allylic oxidation sites excluding steroid dienone is 3. The number of aryl methyl sites for hydroxylation is 1. The van der Waals surface area contributed by atoms with Crippen molar-refractivity contribution in [3.05, 3.63) is 137 Å². The highest BCUT2D eigenvalue weighted by atomic mass is 16.5. The van der Waals surface area contributed by atoms with E-state index in [4.69, 9.17) is 9.47 Å². The summed E-state index contributed by atoms with van der Waals surface area (Å²) >= 11 is 0. The van der Waals surface area contributed by atoms with Crippen LogP contribution in [0.25, 0.3) is 6.08 Å². The summed E-state index contributed by atoms with van der Waals surface area (Å²) in [6.45, 7) is 20.9. The van der Waals surface area contributed by atoms with Gasteiger partial charge >= 0.3 is 0 Å². The van der Waals surface area contributed by atoms with Crippen LogP contribution in [0, 0.1) is 5.92 Å². The molecule has 318 valence electrons. The normalized spacial score (nSPS) is 16.4. The first kappa shape index (κ1) is 47.0. The van der Waals surface area contributed by atoms with Crippen LogP contribution in [0.5, 0.6) is 0 Å². The van der Waals surface area contributed by atoms with Crippen LogP contribution in [0.2, 0.25) is 0 Å². The van der Waals surface area contributed by atoms with Crippen molar-refractivity contribution in [3.8, 4) is 0 Å². The molecule has 7 heteroatoms. The van der Waals surface area contributed by atoms with Crippen molar-refractivity contribution in [3.63, 3.8) is 0 Å². The maximum absolute atomic E-state index is 14.3. The molecule has 1 heterocycles. The van der Waals surface area contributed by atoms with E-state index < -0.39 is 0 Å². The first-order chi connectivity index (χ1) is 28.7. The van der Waals surface area contributed by atoms with Gasteiger partial charge in [0.2, 0.25) is 0 Å². The van der Waals surface area contributed by atoms with Gasteiger partial charge in [-0.15, -0.1) is 0 Å². The number of nitrogens with zero attached hydrogens (tertiary/aromatic N) is 1. The van der Waals surface area contributed by atoms with E-state index in [1.165, 1.54) is 17.2 Å². The molecular formula is C52H71N3O4. The van der Waals surface area contributed by atoms with E-state index in [1.54, 1.807) is 0 Å². The molecule has 0 aromatic heterocycles. The van der Waals surface area contributed by atoms with Crippen molar-refractivity contribution in [2.45, 2.75) is 124 Å². The van der Waals surface area contributed by atoms with Gasteiger partial charge in [-0.05, 0) is 104 Å². The number of hydrogen-bond acceptors (Lipinski definition) is 6. The third-order valence-corrected chi connectivity index (χ3v) is 11.5. The number of amides is 1. The lowest BCUT2D eigenvalue weighted by molar-refractivity contribution is -0.104. The van der Waals surface area contributed by atoms with Crippen LogP contribution in [0.1, 0.15) is 131 Å². The summed E-state index contributed by atoms with van der Waals surface area (Å²) in [4.78, 5) is 27.9. The first-order valence-corrected chi connectivity index (χ1v) is 22.1. The van der Waals surface area contributed by atoms with E-state index in [-0.39, 0.29) is 11.9 Å². The second kappa shape index (κ2) is 25.7. The summed E-state index contributed by atoms with van der Waals surface area (Å²) < 4.78 is 12.1. The number of nitrogens with one attached hydrogen (secondary N) is 2. The van der Waals surface area contributed by atoms with Crippen molar-refractivity contribution in [2.24, 2.45) is 5.92 Å². The van der Waals surface area contributed by atoms with Gasteiger partial charge in [0.15, 0.2) is 0 Å². The van der Waals surface area contributed by atoms with Gasteiger partial charge in [-0.3, -0.25) is 9.59 Å². The molecule has 7 nitrogen and oxygen atoms in total. The van der Waals surface area contributed by atoms with Crippen molar-refractivity contribution in [1.82, 2.24) is 5.32 Å². The lowest BCUT2D eigenvalue weighted by Crippen LogP contribution is -2.39. The number of hydrogen-bond donors (Lipinski definition) is 2. The number of carbonyl (C=O) groups is 2. The molecule has 2 N–H and O–H groups in total. The smallest absolute Gasteiger partial charge is 0.251 e. The monoisotopic (exact) mass is 802 g/mol. The Balaban J connectivity index is 1.54. The van der Waals surface area contributed by atoms with Crippen LogP contribution in [-0.2, 0) is 27.3 Å². The van der Waals surface area contributed by atoms with Crippen molar-refractivity contribution in [2.75, 3.05) is 36.6 Å². The second-order valence-corrected chi connectivity index (χ2v) is 16.0. The molecule has 4 atom stereocenters. The molecule has 0 fully saturated rings.